The zero-order valence-electron chi connectivity index (χ0n) is 8.11. The predicted octanol–water partition coefficient (Wildman–Crippen LogP) is 0.201. The van der Waals surface area contributed by atoms with Crippen LogP contribution in [-0.2, 0) is 6.42 Å². The van der Waals surface area contributed by atoms with E-state index < -0.39 is 0 Å². The van der Waals surface area contributed by atoms with Gasteiger partial charge in [0.15, 0.2) is 0 Å². The van der Waals surface area contributed by atoms with Crippen molar-refractivity contribution in [3.05, 3.63) is 18.1 Å². The first kappa shape index (κ1) is 8.17. The maximum Gasteiger partial charge on any atom is 0.135 e. The Morgan fingerprint density at radius 3 is 3.50 bits per heavy atom. The van der Waals surface area contributed by atoms with E-state index in [4.69, 9.17) is 0 Å². The van der Waals surface area contributed by atoms with Gasteiger partial charge in [-0.2, -0.15) is 0 Å². The molecule has 2 aliphatic rings. The van der Waals surface area contributed by atoms with Crippen LogP contribution in [0.1, 0.15) is 12.0 Å². The number of hydrogen-bond acceptors (Lipinski definition) is 4. The first-order chi connectivity index (χ1) is 6.95. The second kappa shape index (κ2) is 3.20. The molecule has 4 nitrogen and oxygen atoms in total. The molecular weight excluding hydrogens is 176 g/mol. The molecule has 14 heavy (non-hydrogen) atoms. The summed E-state index contributed by atoms with van der Waals surface area (Å²) >= 11 is 0. The van der Waals surface area contributed by atoms with Gasteiger partial charge in [-0.05, 0) is 12.8 Å². The molecule has 74 valence electrons. The molecule has 1 saturated heterocycles. The lowest BCUT2D eigenvalue weighted by Crippen LogP contribution is -2.53. The van der Waals surface area contributed by atoms with Crippen molar-refractivity contribution in [1.29, 1.82) is 0 Å². The lowest BCUT2D eigenvalue weighted by atomic mass is 9.98. The molecule has 3 rings (SSSR count). The molecule has 0 amide bonds. The van der Waals surface area contributed by atoms with Crippen LogP contribution in [0.15, 0.2) is 12.5 Å². The molecule has 0 radical (unpaired) electrons. The smallest absolute Gasteiger partial charge is 0.135 e. The number of aryl methyl sites for hydroxylation is 1. The van der Waals surface area contributed by atoms with Crippen LogP contribution in [0.3, 0.4) is 0 Å². The number of piperazine rings is 1. The number of hydrogen-bond donors (Lipinski definition) is 1. The van der Waals surface area contributed by atoms with Crippen LogP contribution in [0.4, 0.5) is 5.82 Å². The van der Waals surface area contributed by atoms with Gasteiger partial charge in [-0.3, -0.25) is 0 Å². The van der Waals surface area contributed by atoms with Gasteiger partial charge in [0.2, 0.25) is 0 Å². The highest BCUT2D eigenvalue weighted by Gasteiger charge is 2.28. The molecule has 1 N–H and O–H groups in total. The molecule has 2 aliphatic heterocycles. The molecule has 1 atom stereocenters. The molecular formula is C10H14N4. The van der Waals surface area contributed by atoms with Gasteiger partial charge in [0.05, 0.1) is 0 Å². The van der Waals surface area contributed by atoms with Gasteiger partial charge in [-0.25, -0.2) is 9.97 Å². The van der Waals surface area contributed by atoms with Crippen molar-refractivity contribution in [3.8, 4) is 0 Å². The Bertz CT molecular complexity index is 339. The van der Waals surface area contributed by atoms with Crippen LogP contribution < -0.4 is 10.2 Å². The van der Waals surface area contributed by atoms with Crippen molar-refractivity contribution in [2.24, 2.45) is 0 Å². The summed E-state index contributed by atoms with van der Waals surface area (Å²) in [6.45, 7) is 3.25. The van der Waals surface area contributed by atoms with Gasteiger partial charge in [-0.15, -0.1) is 0 Å². The van der Waals surface area contributed by atoms with Crippen LogP contribution in [0.2, 0.25) is 0 Å². The van der Waals surface area contributed by atoms with Crippen LogP contribution in [0.25, 0.3) is 0 Å². The van der Waals surface area contributed by atoms with Crippen molar-refractivity contribution in [3.63, 3.8) is 0 Å². The minimum atomic E-state index is 0.645. The van der Waals surface area contributed by atoms with Crippen molar-refractivity contribution in [2.45, 2.75) is 18.9 Å². The first-order valence-electron chi connectivity index (χ1n) is 5.21. The van der Waals surface area contributed by atoms with Crippen molar-refractivity contribution in [1.82, 2.24) is 15.3 Å². The number of aromatic nitrogens is 2. The van der Waals surface area contributed by atoms with E-state index in [0.717, 1.165) is 31.9 Å². The Balaban J connectivity index is 1.99. The predicted molar refractivity (Wildman–Crippen MR) is 54.4 cm³/mol. The normalized spacial score (nSPS) is 25.4. The summed E-state index contributed by atoms with van der Waals surface area (Å²) in [4.78, 5) is 10.9. The molecule has 0 aromatic carbocycles. The third kappa shape index (κ3) is 1.18. The quantitative estimate of drug-likeness (QED) is 0.634. The Labute approximate surface area is 83.4 Å². The lowest BCUT2D eigenvalue weighted by Gasteiger charge is -2.41. The van der Waals surface area contributed by atoms with E-state index in [-0.39, 0.29) is 0 Å². The molecule has 3 heterocycles. The fourth-order valence-electron chi connectivity index (χ4n) is 2.41. The molecule has 1 aromatic heterocycles. The fraction of sp³-hybridized carbons (Fsp3) is 0.600. The molecule has 0 spiro atoms. The molecule has 4 heteroatoms. The van der Waals surface area contributed by atoms with E-state index in [9.17, 15) is 0 Å². The SMILES string of the molecule is c1ncc2c(n1)N1CCNCC1CC2. The molecule has 0 saturated carbocycles. The van der Waals surface area contributed by atoms with Crippen molar-refractivity contribution in [2.75, 3.05) is 24.5 Å². The number of anilines is 1. The topological polar surface area (TPSA) is 41.1 Å². The Morgan fingerprint density at radius 1 is 1.50 bits per heavy atom. The van der Waals surface area contributed by atoms with E-state index in [0.29, 0.717) is 6.04 Å². The van der Waals surface area contributed by atoms with E-state index in [1.807, 2.05) is 6.20 Å². The Kier molecular flexibility index (Phi) is 1.87. The summed E-state index contributed by atoms with van der Waals surface area (Å²) in [5.74, 6) is 1.16. The maximum atomic E-state index is 4.39. The lowest BCUT2D eigenvalue weighted by molar-refractivity contribution is 0.435. The minimum Gasteiger partial charge on any atom is -0.351 e. The monoisotopic (exact) mass is 190 g/mol. The third-order valence-corrected chi connectivity index (χ3v) is 3.13. The largest absolute Gasteiger partial charge is 0.351 e. The molecule has 0 aliphatic carbocycles. The molecule has 1 unspecified atom stereocenters. The van der Waals surface area contributed by atoms with Crippen LogP contribution in [-0.4, -0.2) is 35.6 Å². The zero-order chi connectivity index (χ0) is 9.38. The van der Waals surface area contributed by atoms with E-state index >= 15 is 0 Å². The molecule has 0 bridgehead atoms. The summed E-state index contributed by atoms with van der Waals surface area (Å²) in [7, 11) is 0. The van der Waals surface area contributed by atoms with E-state index in [2.05, 4.69) is 20.2 Å². The fourth-order valence-corrected chi connectivity index (χ4v) is 2.41. The van der Waals surface area contributed by atoms with Gasteiger partial charge in [-0.1, -0.05) is 0 Å². The summed E-state index contributed by atoms with van der Waals surface area (Å²) in [5.41, 5.74) is 1.31. The average molecular weight is 190 g/mol. The molecule has 1 fully saturated rings. The summed E-state index contributed by atoms with van der Waals surface area (Å²) < 4.78 is 0. The van der Waals surface area contributed by atoms with Gasteiger partial charge in [0.1, 0.15) is 12.1 Å². The number of fused-ring (bicyclic) bond motifs is 3. The second-order valence-electron chi connectivity index (χ2n) is 3.96. The van der Waals surface area contributed by atoms with Gasteiger partial charge < -0.3 is 10.2 Å². The highest BCUT2D eigenvalue weighted by molar-refractivity contribution is 5.49. The maximum absolute atomic E-state index is 4.39. The second-order valence-corrected chi connectivity index (χ2v) is 3.96. The van der Waals surface area contributed by atoms with E-state index in [1.54, 1.807) is 6.33 Å². The zero-order valence-corrected chi connectivity index (χ0v) is 8.11. The van der Waals surface area contributed by atoms with Crippen LogP contribution in [0.5, 0.6) is 0 Å². The standard InChI is InChI=1S/C10H14N4/c1-2-9-6-11-3-4-14(9)10-8(1)5-12-7-13-10/h5,7,9,11H,1-4,6H2. The summed E-state index contributed by atoms with van der Waals surface area (Å²) in [6.07, 6.45) is 5.97. The minimum absolute atomic E-state index is 0.645. The highest BCUT2D eigenvalue weighted by atomic mass is 15.3. The van der Waals surface area contributed by atoms with Crippen molar-refractivity contribution >= 4 is 5.82 Å². The van der Waals surface area contributed by atoms with Gasteiger partial charge >= 0.3 is 0 Å². The van der Waals surface area contributed by atoms with Crippen molar-refractivity contribution < 1.29 is 0 Å². The van der Waals surface area contributed by atoms with Gasteiger partial charge in [0.25, 0.3) is 0 Å². The third-order valence-electron chi connectivity index (χ3n) is 3.13. The molecule has 1 aromatic rings. The highest BCUT2D eigenvalue weighted by Crippen LogP contribution is 2.28. The van der Waals surface area contributed by atoms with Crippen LogP contribution in [0, 0.1) is 0 Å². The van der Waals surface area contributed by atoms with E-state index in [1.165, 1.54) is 12.0 Å². The number of rotatable bonds is 0. The number of nitrogens with zero attached hydrogens (tertiary/aromatic N) is 3. The summed E-state index contributed by atoms with van der Waals surface area (Å²) in [5, 5.41) is 3.43. The Morgan fingerprint density at radius 2 is 2.50 bits per heavy atom. The van der Waals surface area contributed by atoms with Gasteiger partial charge in [0, 0.05) is 37.4 Å². The first-order valence-corrected chi connectivity index (χ1v) is 5.21. The average Bonchev–Trinajstić information content (AvgIpc) is 2.29. The number of nitrogens with one attached hydrogen (secondary N) is 1. The van der Waals surface area contributed by atoms with Crippen LogP contribution >= 0.6 is 0 Å². The summed E-state index contributed by atoms with van der Waals surface area (Å²) in [6, 6.07) is 0.645. The Hall–Kier alpha value is -1.16.